The number of carbonyl (C=O) groups excluding carboxylic acids is 1. The first-order valence-electron chi connectivity index (χ1n) is 7.85. The lowest BCUT2D eigenvalue weighted by Gasteiger charge is -2.31. The molecule has 1 unspecified atom stereocenters. The summed E-state index contributed by atoms with van der Waals surface area (Å²) in [5.41, 5.74) is 3.24. The molecule has 1 aromatic carbocycles. The maximum atomic E-state index is 12.3. The van der Waals surface area contributed by atoms with E-state index in [1.807, 2.05) is 19.1 Å². The van der Waals surface area contributed by atoms with Crippen LogP contribution in [0.4, 0.5) is 5.69 Å². The second-order valence-electron chi connectivity index (χ2n) is 5.94. The molecule has 4 heteroatoms. The van der Waals surface area contributed by atoms with Crippen molar-refractivity contribution in [1.29, 1.82) is 0 Å². The molecule has 0 aromatic heterocycles. The number of aryl methyl sites for hydroxylation is 2. The molecule has 0 aliphatic carbocycles. The van der Waals surface area contributed by atoms with Crippen LogP contribution < -0.4 is 5.32 Å². The normalized spacial score (nSPS) is 19.5. The first kappa shape index (κ1) is 16.0. The van der Waals surface area contributed by atoms with Gasteiger partial charge in [0.1, 0.15) is 0 Å². The van der Waals surface area contributed by atoms with Crippen molar-refractivity contribution in [3.63, 3.8) is 0 Å². The van der Waals surface area contributed by atoms with Crippen molar-refractivity contribution >= 4 is 11.6 Å². The van der Waals surface area contributed by atoms with E-state index in [4.69, 9.17) is 0 Å². The van der Waals surface area contributed by atoms with Gasteiger partial charge < -0.3 is 10.4 Å². The monoisotopic (exact) mass is 290 g/mol. The van der Waals surface area contributed by atoms with Crippen LogP contribution >= 0.6 is 0 Å². The van der Waals surface area contributed by atoms with E-state index in [9.17, 15) is 9.90 Å². The highest BCUT2D eigenvalue weighted by Crippen LogP contribution is 2.21. The maximum absolute atomic E-state index is 12.3. The predicted octanol–water partition coefficient (Wildman–Crippen LogP) is 2.20. The van der Waals surface area contributed by atoms with Gasteiger partial charge in [-0.25, -0.2) is 0 Å². The molecule has 2 rings (SSSR count). The number of carbonyl (C=O) groups is 1. The molecule has 1 fully saturated rings. The van der Waals surface area contributed by atoms with Gasteiger partial charge >= 0.3 is 0 Å². The zero-order valence-corrected chi connectivity index (χ0v) is 13.1. The third kappa shape index (κ3) is 4.29. The Kier molecular flexibility index (Phi) is 5.76. The molecule has 4 nitrogen and oxygen atoms in total. The number of amides is 1. The number of benzene rings is 1. The number of aliphatic hydroxyl groups is 1. The van der Waals surface area contributed by atoms with Crippen LogP contribution in [-0.2, 0) is 11.2 Å². The molecule has 1 amide bonds. The van der Waals surface area contributed by atoms with Crippen LogP contribution in [0.25, 0.3) is 0 Å². The van der Waals surface area contributed by atoms with Gasteiger partial charge in [0.2, 0.25) is 5.91 Å². The summed E-state index contributed by atoms with van der Waals surface area (Å²) in [6.45, 7) is 6.51. The minimum atomic E-state index is 0.0394. The van der Waals surface area contributed by atoms with Crippen LogP contribution in [0.1, 0.15) is 30.9 Å². The Morgan fingerprint density at radius 2 is 2.29 bits per heavy atom. The second-order valence-corrected chi connectivity index (χ2v) is 5.94. The molecule has 0 spiro atoms. The minimum absolute atomic E-state index is 0.0394. The van der Waals surface area contributed by atoms with Gasteiger partial charge in [0, 0.05) is 18.8 Å². The van der Waals surface area contributed by atoms with Gasteiger partial charge in [-0.15, -0.1) is 0 Å². The lowest BCUT2D eigenvalue weighted by molar-refractivity contribution is -0.117. The van der Waals surface area contributed by atoms with E-state index < -0.39 is 0 Å². The lowest BCUT2D eigenvalue weighted by atomic mass is 9.99. The van der Waals surface area contributed by atoms with Crippen molar-refractivity contribution in [3.05, 3.63) is 29.3 Å². The third-order valence-corrected chi connectivity index (χ3v) is 4.23. The van der Waals surface area contributed by atoms with Crippen molar-refractivity contribution in [3.8, 4) is 0 Å². The summed E-state index contributed by atoms with van der Waals surface area (Å²) in [7, 11) is 0. The quantitative estimate of drug-likeness (QED) is 0.874. The van der Waals surface area contributed by atoms with Gasteiger partial charge in [-0.3, -0.25) is 9.69 Å². The SMILES string of the molecule is CCc1cccc(C)c1NC(=O)CN1CCCC(CO)C1. The van der Waals surface area contributed by atoms with Crippen LogP contribution in [0, 0.1) is 12.8 Å². The van der Waals surface area contributed by atoms with Crippen molar-refractivity contribution in [2.75, 3.05) is 31.6 Å². The number of rotatable bonds is 5. The average Bonchev–Trinajstić information content (AvgIpc) is 2.49. The molecular formula is C17H26N2O2. The number of nitrogens with one attached hydrogen (secondary N) is 1. The highest BCUT2D eigenvalue weighted by molar-refractivity contribution is 5.93. The van der Waals surface area contributed by atoms with E-state index in [0.717, 1.165) is 43.6 Å². The Hall–Kier alpha value is -1.39. The number of nitrogens with zero attached hydrogens (tertiary/aromatic N) is 1. The summed E-state index contributed by atoms with van der Waals surface area (Å²) in [5.74, 6) is 0.355. The van der Waals surface area contributed by atoms with Crippen LogP contribution in [0.3, 0.4) is 0 Å². The van der Waals surface area contributed by atoms with Gasteiger partial charge in [0.25, 0.3) is 0 Å². The zero-order chi connectivity index (χ0) is 15.2. The van der Waals surface area contributed by atoms with E-state index in [1.165, 1.54) is 5.56 Å². The molecule has 21 heavy (non-hydrogen) atoms. The predicted molar refractivity (Wildman–Crippen MR) is 85.4 cm³/mol. The fourth-order valence-corrected chi connectivity index (χ4v) is 3.03. The number of piperidine rings is 1. The maximum Gasteiger partial charge on any atom is 0.238 e. The summed E-state index contributed by atoms with van der Waals surface area (Å²) in [6, 6.07) is 6.11. The van der Waals surface area contributed by atoms with E-state index >= 15 is 0 Å². The number of anilines is 1. The van der Waals surface area contributed by atoms with E-state index in [-0.39, 0.29) is 12.5 Å². The standard InChI is InChI=1S/C17H26N2O2/c1-3-15-8-4-6-13(2)17(15)18-16(21)11-19-9-5-7-14(10-19)12-20/h4,6,8,14,20H,3,5,7,9-12H2,1-2H3,(H,18,21). The molecule has 1 heterocycles. The molecule has 0 bridgehead atoms. The average molecular weight is 290 g/mol. The van der Waals surface area contributed by atoms with E-state index in [0.29, 0.717) is 12.5 Å². The van der Waals surface area contributed by atoms with Gasteiger partial charge in [0.05, 0.1) is 6.54 Å². The van der Waals surface area contributed by atoms with Crippen LogP contribution in [-0.4, -0.2) is 42.2 Å². The fourth-order valence-electron chi connectivity index (χ4n) is 3.03. The van der Waals surface area contributed by atoms with Gasteiger partial charge in [-0.05, 0) is 49.8 Å². The highest BCUT2D eigenvalue weighted by Gasteiger charge is 2.21. The number of para-hydroxylation sites is 1. The van der Waals surface area contributed by atoms with Crippen molar-refractivity contribution in [2.24, 2.45) is 5.92 Å². The summed E-state index contributed by atoms with van der Waals surface area (Å²) in [6.07, 6.45) is 3.03. The van der Waals surface area contributed by atoms with Crippen LogP contribution in [0.15, 0.2) is 18.2 Å². The Morgan fingerprint density at radius 3 is 3.00 bits per heavy atom. The molecule has 116 valence electrons. The van der Waals surface area contributed by atoms with Crippen molar-refractivity contribution in [2.45, 2.75) is 33.1 Å². The summed E-state index contributed by atoms with van der Waals surface area (Å²) in [4.78, 5) is 14.4. The fraction of sp³-hybridized carbons (Fsp3) is 0.588. The summed E-state index contributed by atoms with van der Waals surface area (Å²) < 4.78 is 0. The van der Waals surface area contributed by atoms with Crippen LogP contribution in [0.2, 0.25) is 0 Å². The Morgan fingerprint density at radius 1 is 1.48 bits per heavy atom. The first-order valence-corrected chi connectivity index (χ1v) is 7.85. The van der Waals surface area contributed by atoms with Crippen molar-refractivity contribution < 1.29 is 9.90 Å². The van der Waals surface area contributed by atoms with Crippen LogP contribution in [0.5, 0.6) is 0 Å². The van der Waals surface area contributed by atoms with E-state index in [2.05, 4.69) is 23.2 Å². The molecule has 1 aromatic rings. The number of aliphatic hydroxyl groups excluding tert-OH is 1. The number of likely N-dealkylation sites (tertiary alicyclic amines) is 1. The molecule has 0 radical (unpaired) electrons. The Balaban J connectivity index is 1.96. The number of hydrogen-bond donors (Lipinski definition) is 2. The third-order valence-electron chi connectivity index (χ3n) is 4.23. The summed E-state index contributed by atoms with van der Waals surface area (Å²) in [5, 5.41) is 12.3. The molecular weight excluding hydrogens is 264 g/mol. The largest absolute Gasteiger partial charge is 0.396 e. The molecule has 1 saturated heterocycles. The van der Waals surface area contributed by atoms with E-state index in [1.54, 1.807) is 0 Å². The molecule has 1 atom stereocenters. The smallest absolute Gasteiger partial charge is 0.238 e. The molecule has 1 aliphatic rings. The highest BCUT2D eigenvalue weighted by atomic mass is 16.3. The first-order chi connectivity index (χ1) is 10.1. The zero-order valence-electron chi connectivity index (χ0n) is 13.1. The lowest BCUT2D eigenvalue weighted by Crippen LogP contribution is -2.41. The minimum Gasteiger partial charge on any atom is -0.396 e. The number of hydrogen-bond acceptors (Lipinski definition) is 3. The molecule has 2 N–H and O–H groups in total. The summed E-state index contributed by atoms with van der Waals surface area (Å²) >= 11 is 0. The van der Waals surface area contributed by atoms with Gasteiger partial charge in [0.15, 0.2) is 0 Å². The topological polar surface area (TPSA) is 52.6 Å². The molecule has 0 saturated carbocycles. The van der Waals surface area contributed by atoms with Crippen molar-refractivity contribution in [1.82, 2.24) is 4.90 Å². The Bertz CT molecular complexity index is 488. The van der Waals surface area contributed by atoms with Gasteiger partial charge in [-0.2, -0.15) is 0 Å². The van der Waals surface area contributed by atoms with Gasteiger partial charge in [-0.1, -0.05) is 25.1 Å². The Labute approximate surface area is 127 Å². The second kappa shape index (κ2) is 7.57. The molecule has 1 aliphatic heterocycles.